The number of aryl methyl sites for hydroxylation is 2. The fraction of sp³-hybridized carbons (Fsp3) is 0.129. The second kappa shape index (κ2) is 10.9. The second-order valence-corrected chi connectivity index (χ2v) is 11.3. The van der Waals surface area contributed by atoms with Gasteiger partial charge in [0.25, 0.3) is 23.3 Å². The summed E-state index contributed by atoms with van der Waals surface area (Å²) in [5.74, 6) is -0.223. The summed E-state index contributed by atoms with van der Waals surface area (Å²) in [5, 5.41) is 3.33. The van der Waals surface area contributed by atoms with E-state index in [9.17, 15) is 19.2 Å². The van der Waals surface area contributed by atoms with E-state index in [-0.39, 0.29) is 22.9 Å². The molecule has 1 aliphatic rings. The topological polar surface area (TPSA) is 111 Å². The highest BCUT2D eigenvalue weighted by Crippen LogP contribution is 2.36. The number of thioether (sulfide) groups is 1. The third-order valence-corrected chi connectivity index (χ3v) is 8.98. The number of imide groups is 1. The van der Waals surface area contributed by atoms with Gasteiger partial charge in [-0.3, -0.25) is 23.7 Å². The number of hydrogen-bond acceptors (Lipinski definition) is 8. The Morgan fingerprint density at radius 3 is 2.43 bits per heavy atom. The van der Waals surface area contributed by atoms with Gasteiger partial charge in [-0.1, -0.05) is 12.1 Å². The van der Waals surface area contributed by atoms with E-state index in [4.69, 9.17) is 4.74 Å². The summed E-state index contributed by atoms with van der Waals surface area (Å²) in [7, 11) is 0. The molecule has 6 rings (SSSR count). The Morgan fingerprint density at radius 2 is 1.69 bits per heavy atom. The molecule has 0 bridgehead atoms. The average molecular weight is 597 g/mol. The lowest BCUT2D eigenvalue weighted by molar-refractivity contribution is 0.0924. The summed E-state index contributed by atoms with van der Waals surface area (Å²) in [5.41, 5.74) is 2.13. The van der Waals surface area contributed by atoms with Crippen molar-refractivity contribution in [1.82, 2.24) is 9.55 Å². The highest BCUT2D eigenvalue weighted by atomic mass is 32.2. The number of nitrogens with one attached hydrogen (secondary N) is 1. The van der Waals surface area contributed by atoms with E-state index in [2.05, 4.69) is 10.3 Å². The summed E-state index contributed by atoms with van der Waals surface area (Å²) >= 11 is 2.65. The first kappa shape index (κ1) is 27.4. The molecule has 1 aliphatic heterocycles. The molecule has 0 atom stereocenters. The third-order valence-electron chi connectivity index (χ3n) is 7.00. The molecule has 3 aromatic carbocycles. The fourth-order valence-electron chi connectivity index (χ4n) is 4.85. The quantitative estimate of drug-likeness (QED) is 0.172. The first-order chi connectivity index (χ1) is 20.3. The number of aromatic nitrogens is 2. The number of benzene rings is 3. The van der Waals surface area contributed by atoms with Crippen LogP contribution in [-0.4, -0.2) is 33.5 Å². The lowest BCUT2D eigenvalue weighted by Gasteiger charge is -2.16. The molecule has 1 N–H and O–H groups in total. The predicted molar refractivity (Wildman–Crippen MR) is 165 cm³/mol. The van der Waals surface area contributed by atoms with E-state index in [1.54, 1.807) is 61.5 Å². The lowest BCUT2D eigenvalue weighted by atomic mass is 10.1. The van der Waals surface area contributed by atoms with Crippen molar-refractivity contribution in [2.24, 2.45) is 0 Å². The molecule has 5 aromatic rings. The van der Waals surface area contributed by atoms with Crippen LogP contribution in [0.15, 0.2) is 82.7 Å². The number of carbonyl (C=O) groups excluding carboxylic acids is 3. The van der Waals surface area contributed by atoms with Crippen LogP contribution >= 0.6 is 23.1 Å². The third kappa shape index (κ3) is 4.66. The van der Waals surface area contributed by atoms with Crippen molar-refractivity contribution in [3.63, 3.8) is 0 Å². The summed E-state index contributed by atoms with van der Waals surface area (Å²) in [6, 6.07) is 18.9. The molecule has 3 heterocycles. The van der Waals surface area contributed by atoms with Gasteiger partial charge in [0, 0.05) is 17.1 Å². The van der Waals surface area contributed by atoms with Gasteiger partial charge in [-0.05, 0) is 80.3 Å². The maximum Gasteiger partial charge on any atom is 0.266 e. The van der Waals surface area contributed by atoms with E-state index < -0.39 is 5.91 Å². The van der Waals surface area contributed by atoms with Crippen molar-refractivity contribution < 1.29 is 19.1 Å². The first-order valence-corrected chi connectivity index (χ1v) is 15.1. The van der Waals surface area contributed by atoms with Crippen LogP contribution in [0, 0.1) is 6.92 Å². The standard InChI is InChI=1S/C31H24N4O5S2/c1-4-34-16-32-28-25(31(34)39)17(2)26(42-28)27(36)33-18-9-11-19(12-10-18)40-20-13-14-21-22(15-20)30(38)35(29(21)37)23-7-5-6-8-24(23)41-3/h5-16H,4H2,1-3H3,(H,33,36). The van der Waals surface area contributed by atoms with Gasteiger partial charge in [-0.25, -0.2) is 9.88 Å². The number of para-hydroxylation sites is 1. The smallest absolute Gasteiger partial charge is 0.266 e. The van der Waals surface area contributed by atoms with Crippen molar-refractivity contribution in [3.8, 4) is 11.5 Å². The second-order valence-electron chi connectivity index (χ2n) is 9.48. The van der Waals surface area contributed by atoms with E-state index in [0.717, 1.165) is 4.90 Å². The van der Waals surface area contributed by atoms with Gasteiger partial charge in [0.05, 0.1) is 33.4 Å². The molecule has 0 fully saturated rings. The van der Waals surface area contributed by atoms with Crippen LogP contribution in [0.5, 0.6) is 11.5 Å². The zero-order valence-electron chi connectivity index (χ0n) is 22.8. The van der Waals surface area contributed by atoms with Gasteiger partial charge >= 0.3 is 0 Å². The monoisotopic (exact) mass is 596 g/mol. The molecule has 0 radical (unpaired) electrons. The molecule has 0 unspecified atom stereocenters. The summed E-state index contributed by atoms with van der Waals surface area (Å²) in [4.78, 5) is 59.4. The molecule has 9 nitrogen and oxygen atoms in total. The zero-order valence-corrected chi connectivity index (χ0v) is 24.5. The van der Waals surface area contributed by atoms with Crippen LogP contribution in [0.4, 0.5) is 11.4 Å². The predicted octanol–water partition coefficient (Wildman–Crippen LogP) is 6.35. The number of anilines is 2. The minimum atomic E-state index is -0.402. The maximum absolute atomic E-state index is 13.3. The highest BCUT2D eigenvalue weighted by Gasteiger charge is 2.38. The van der Waals surface area contributed by atoms with Gasteiger partial charge in [0.1, 0.15) is 16.3 Å². The van der Waals surface area contributed by atoms with Crippen LogP contribution in [0.1, 0.15) is 42.9 Å². The van der Waals surface area contributed by atoms with Crippen molar-refractivity contribution in [1.29, 1.82) is 0 Å². The van der Waals surface area contributed by atoms with Gasteiger partial charge in [0.15, 0.2) is 0 Å². The molecule has 11 heteroatoms. The van der Waals surface area contributed by atoms with E-state index in [1.165, 1.54) is 38.9 Å². The Bertz CT molecular complexity index is 1960. The van der Waals surface area contributed by atoms with E-state index >= 15 is 0 Å². The fourth-order valence-corrected chi connectivity index (χ4v) is 6.47. The molecule has 0 spiro atoms. The van der Waals surface area contributed by atoms with Crippen molar-refractivity contribution in [2.75, 3.05) is 16.5 Å². The van der Waals surface area contributed by atoms with Gasteiger partial charge in [0.2, 0.25) is 0 Å². The molecule has 42 heavy (non-hydrogen) atoms. The molecule has 0 saturated heterocycles. The van der Waals surface area contributed by atoms with E-state index in [0.29, 0.717) is 55.6 Å². The molecule has 210 valence electrons. The number of amides is 3. The molecular weight excluding hydrogens is 572 g/mol. The van der Waals surface area contributed by atoms with E-state index in [1.807, 2.05) is 25.3 Å². The average Bonchev–Trinajstić information content (AvgIpc) is 3.47. The number of fused-ring (bicyclic) bond motifs is 2. The number of ether oxygens (including phenoxy) is 1. The van der Waals surface area contributed by atoms with Crippen LogP contribution in [0.25, 0.3) is 10.2 Å². The number of hydrogen-bond donors (Lipinski definition) is 1. The molecule has 3 amide bonds. The van der Waals surface area contributed by atoms with Gasteiger partial charge in [-0.15, -0.1) is 23.1 Å². The Morgan fingerprint density at radius 1 is 0.976 bits per heavy atom. The molecule has 2 aromatic heterocycles. The normalized spacial score (nSPS) is 12.6. The number of thiophene rings is 1. The Labute approximate surface area is 248 Å². The Kier molecular flexibility index (Phi) is 7.13. The van der Waals surface area contributed by atoms with Gasteiger partial charge < -0.3 is 10.1 Å². The minimum absolute atomic E-state index is 0.160. The van der Waals surface area contributed by atoms with Crippen molar-refractivity contribution >= 4 is 62.4 Å². The number of rotatable bonds is 7. The molecular formula is C31H24N4O5S2. The molecule has 0 aliphatic carbocycles. The largest absolute Gasteiger partial charge is 0.457 e. The SMILES string of the molecule is CCn1cnc2sc(C(=O)Nc3ccc(Oc4ccc5c(c4)C(=O)N(c4ccccc4SC)C5=O)cc3)c(C)c2c1=O. The van der Waals surface area contributed by atoms with Gasteiger partial charge in [-0.2, -0.15) is 0 Å². The summed E-state index contributed by atoms with van der Waals surface area (Å²) in [6.45, 7) is 4.12. The van der Waals surface area contributed by atoms with Crippen LogP contribution < -0.4 is 20.5 Å². The summed E-state index contributed by atoms with van der Waals surface area (Å²) in [6.07, 6.45) is 3.39. The minimum Gasteiger partial charge on any atom is -0.457 e. The Hall–Kier alpha value is -4.74. The van der Waals surface area contributed by atoms with Crippen molar-refractivity contribution in [2.45, 2.75) is 25.3 Å². The maximum atomic E-state index is 13.3. The Balaban J connectivity index is 1.18. The van der Waals surface area contributed by atoms with Crippen molar-refractivity contribution in [3.05, 3.63) is 105 Å². The van der Waals surface area contributed by atoms with Crippen LogP contribution in [0.3, 0.4) is 0 Å². The zero-order chi connectivity index (χ0) is 29.5. The van der Waals surface area contributed by atoms with Crippen LogP contribution in [-0.2, 0) is 6.54 Å². The first-order valence-electron chi connectivity index (χ1n) is 13.0. The lowest BCUT2D eigenvalue weighted by Crippen LogP contribution is -2.29. The molecule has 0 saturated carbocycles. The number of nitrogens with zero attached hydrogens (tertiary/aromatic N) is 3. The summed E-state index contributed by atoms with van der Waals surface area (Å²) < 4.78 is 7.48. The number of carbonyl (C=O) groups is 3. The van der Waals surface area contributed by atoms with Crippen LogP contribution in [0.2, 0.25) is 0 Å². The highest BCUT2D eigenvalue weighted by molar-refractivity contribution is 7.98.